The smallest absolute Gasteiger partial charge is 0.261 e. The van der Waals surface area contributed by atoms with Crippen LogP contribution in [-0.2, 0) is 14.8 Å². The van der Waals surface area contributed by atoms with Crippen LogP contribution in [0.5, 0.6) is 0 Å². The lowest BCUT2D eigenvalue weighted by molar-refractivity contribution is 0.00397. The van der Waals surface area contributed by atoms with Gasteiger partial charge in [0.1, 0.15) is 0 Å². The highest BCUT2D eigenvalue weighted by Gasteiger charge is 2.25. The Morgan fingerprint density at radius 1 is 1.17 bits per heavy atom. The minimum Gasteiger partial charge on any atom is -0.396 e. The van der Waals surface area contributed by atoms with Gasteiger partial charge in [-0.05, 0) is 56.5 Å². The van der Waals surface area contributed by atoms with Crippen molar-refractivity contribution in [2.75, 3.05) is 31.0 Å². The van der Waals surface area contributed by atoms with Gasteiger partial charge in [-0.25, -0.2) is 8.42 Å². The van der Waals surface area contributed by atoms with Gasteiger partial charge in [-0.15, -0.1) is 0 Å². The van der Waals surface area contributed by atoms with Crippen molar-refractivity contribution in [2.24, 2.45) is 0 Å². The highest BCUT2D eigenvalue weighted by Crippen LogP contribution is 2.20. The van der Waals surface area contributed by atoms with Gasteiger partial charge in [0.15, 0.2) is 0 Å². The summed E-state index contributed by atoms with van der Waals surface area (Å²) in [7, 11) is -3.80. The first kappa shape index (κ1) is 22.3. The molecule has 2 aromatic carbocycles. The Morgan fingerprint density at radius 3 is 2.53 bits per heavy atom. The summed E-state index contributed by atoms with van der Waals surface area (Å²) in [6, 6.07) is 13.2. The third kappa shape index (κ3) is 5.81. The molecule has 1 aliphatic rings. The number of carbonyl (C=O) groups excluding carboxylic acids is 1. The van der Waals surface area contributed by atoms with Crippen LogP contribution in [0.3, 0.4) is 0 Å². The standard InChI is InChI=1S/C22H28N2O5S/c1-17-6-8-19(9-7-17)23-30(27,28)21-5-2-4-18(16-21)22(26)24-12-10-20(11-13-24)29-15-3-14-25/h2,4-9,16,20,23,25H,3,10-15H2,1H3. The van der Waals surface area contributed by atoms with Crippen LogP contribution in [0.25, 0.3) is 0 Å². The Morgan fingerprint density at radius 2 is 1.87 bits per heavy atom. The van der Waals surface area contributed by atoms with Gasteiger partial charge >= 0.3 is 0 Å². The van der Waals surface area contributed by atoms with E-state index in [-0.39, 0.29) is 23.5 Å². The molecule has 0 aromatic heterocycles. The van der Waals surface area contributed by atoms with E-state index in [1.807, 2.05) is 19.1 Å². The largest absolute Gasteiger partial charge is 0.396 e. The van der Waals surface area contributed by atoms with Crippen molar-refractivity contribution in [3.63, 3.8) is 0 Å². The fourth-order valence-electron chi connectivity index (χ4n) is 3.35. The third-order valence-corrected chi connectivity index (χ3v) is 6.46. The summed E-state index contributed by atoms with van der Waals surface area (Å²) >= 11 is 0. The zero-order valence-corrected chi connectivity index (χ0v) is 17.9. The molecule has 0 spiro atoms. The molecule has 1 saturated heterocycles. The molecule has 1 aliphatic heterocycles. The molecular formula is C22H28N2O5S. The number of hydrogen-bond donors (Lipinski definition) is 2. The maximum absolute atomic E-state index is 12.9. The van der Waals surface area contributed by atoms with Crippen molar-refractivity contribution in [2.45, 2.75) is 37.2 Å². The maximum Gasteiger partial charge on any atom is 0.261 e. The number of rotatable bonds is 8. The van der Waals surface area contributed by atoms with Crippen LogP contribution in [0, 0.1) is 6.92 Å². The number of aryl methyl sites for hydroxylation is 1. The summed E-state index contributed by atoms with van der Waals surface area (Å²) in [5.41, 5.74) is 1.86. The van der Waals surface area contributed by atoms with Crippen LogP contribution in [0.2, 0.25) is 0 Å². The number of ether oxygens (including phenoxy) is 1. The number of nitrogens with one attached hydrogen (secondary N) is 1. The average molecular weight is 433 g/mol. The van der Waals surface area contributed by atoms with Crippen molar-refractivity contribution < 1.29 is 23.1 Å². The van der Waals surface area contributed by atoms with E-state index < -0.39 is 10.0 Å². The molecule has 2 aromatic rings. The first-order valence-corrected chi connectivity index (χ1v) is 11.6. The molecule has 162 valence electrons. The number of sulfonamides is 1. The van der Waals surface area contributed by atoms with Gasteiger partial charge in [-0.3, -0.25) is 9.52 Å². The lowest BCUT2D eigenvalue weighted by Crippen LogP contribution is -2.41. The van der Waals surface area contributed by atoms with Crippen LogP contribution in [0.4, 0.5) is 5.69 Å². The van der Waals surface area contributed by atoms with Crippen molar-refractivity contribution in [1.29, 1.82) is 0 Å². The second-order valence-electron chi connectivity index (χ2n) is 7.44. The van der Waals surface area contributed by atoms with Gasteiger partial charge in [0, 0.05) is 37.6 Å². The van der Waals surface area contributed by atoms with Crippen LogP contribution >= 0.6 is 0 Å². The van der Waals surface area contributed by atoms with E-state index in [9.17, 15) is 13.2 Å². The third-order valence-electron chi connectivity index (χ3n) is 5.08. The predicted molar refractivity (Wildman–Crippen MR) is 115 cm³/mol. The van der Waals surface area contributed by atoms with Crippen molar-refractivity contribution >= 4 is 21.6 Å². The van der Waals surface area contributed by atoms with Crippen molar-refractivity contribution in [3.05, 3.63) is 59.7 Å². The Balaban J connectivity index is 1.64. The summed E-state index contributed by atoms with van der Waals surface area (Å²) in [5, 5.41) is 8.83. The molecule has 30 heavy (non-hydrogen) atoms. The molecule has 3 rings (SSSR count). The van der Waals surface area contributed by atoms with Gasteiger partial charge in [0.25, 0.3) is 15.9 Å². The Labute approximate surface area is 177 Å². The first-order chi connectivity index (χ1) is 14.4. The number of nitrogens with zero attached hydrogens (tertiary/aromatic N) is 1. The minimum atomic E-state index is -3.80. The van der Waals surface area contributed by atoms with E-state index in [4.69, 9.17) is 9.84 Å². The van der Waals surface area contributed by atoms with Crippen molar-refractivity contribution in [1.82, 2.24) is 4.90 Å². The zero-order valence-electron chi connectivity index (χ0n) is 17.1. The fraction of sp³-hybridized carbons (Fsp3) is 0.409. The molecule has 1 amide bonds. The van der Waals surface area contributed by atoms with Gasteiger partial charge in [-0.2, -0.15) is 0 Å². The maximum atomic E-state index is 12.9. The van der Waals surface area contributed by atoms with Crippen LogP contribution in [0.15, 0.2) is 53.4 Å². The van der Waals surface area contributed by atoms with E-state index in [0.29, 0.717) is 37.4 Å². The number of hydrogen-bond acceptors (Lipinski definition) is 5. The SMILES string of the molecule is Cc1ccc(NS(=O)(=O)c2cccc(C(=O)N3CCC(OCCCO)CC3)c2)cc1. The second kappa shape index (κ2) is 10.1. The Bertz CT molecular complexity index is 952. The number of amides is 1. The van der Waals surface area contributed by atoms with Gasteiger partial charge in [-0.1, -0.05) is 23.8 Å². The van der Waals surface area contributed by atoms with E-state index in [2.05, 4.69) is 4.72 Å². The van der Waals surface area contributed by atoms with Gasteiger partial charge in [0.2, 0.25) is 0 Å². The average Bonchev–Trinajstić information content (AvgIpc) is 2.75. The summed E-state index contributed by atoms with van der Waals surface area (Å²) < 4.78 is 33.7. The van der Waals surface area contributed by atoms with Crippen LogP contribution in [0.1, 0.15) is 35.2 Å². The molecular weight excluding hydrogens is 404 g/mol. The lowest BCUT2D eigenvalue weighted by atomic mass is 10.1. The molecule has 8 heteroatoms. The number of likely N-dealkylation sites (tertiary alicyclic amines) is 1. The zero-order chi connectivity index (χ0) is 21.6. The summed E-state index contributed by atoms with van der Waals surface area (Å²) in [6.45, 7) is 3.66. The first-order valence-electron chi connectivity index (χ1n) is 10.1. The van der Waals surface area contributed by atoms with Crippen LogP contribution < -0.4 is 4.72 Å². The number of anilines is 1. The van der Waals surface area contributed by atoms with E-state index >= 15 is 0 Å². The molecule has 7 nitrogen and oxygen atoms in total. The second-order valence-corrected chi connectivity index (χ2v) is 9.12. The highest BCUT2D eigenvalue weighted by atomic mass is 32.2. The Hall–Kier alpha value is -2.42. The summed E-state index contributed by atoms with van der Waals surface area (Å²) in [5.74, 6) is -0.184. The minimum absolute atomic E-state index is 0.0520. The predicted octanol–water partition coefficient (Wildman–Crippen LogP) is 2.80. The number of aliphatic hydroxyl groups excluding tert-OH is 1. The number of benzene rings is 2. The molecule has 0 bridgehead atoms. The molecule has 0 atom stereocenters. The van der Waals surface area contributed by atoms with E-state index in [1.165, 1.54) is 12.1 Å². The quantitative estimate of drug-likeness (QED) is 0.626. The number of carbonyl (C=O) groups is 1. The highest BCUT2D eigenvalue weighted by molar-refractivity contribution is 7.92. The molecule has 2 N–H and O–H groups in total. The molecule has 1 fully saturated rings. The van der Waals surface area contributed by atoms with Gasteiger partial charge in [0.05, 0.1) is 11.0 Å². The summed E-state index contributed by atoms with van der Waals surface area (Å²) in [6.07, 6.45) is 2.15. The fourth-order valence-corrected chi connectivity index (χ4v) is 4.46. The van der Waals surface area contributed by atoms with Gasteiger partial charge < -0.3 is 14.7 Å². The molecule has 0 radical (unpaired) electrons. The monoisotopic (exact) mass is 432 g/mol. The lowest BCUT2D eigenvalue weighted by Gasteiger charge is -2.32. The molecule has 1 heterocycles. The van der Waals surface area contributed by atoms with E-state index in [1.54, 1.807) is 29.2 Å². The molecule has 0 saturated carbocycles. The summed E-state index contributed by atoms with van der Waals surface area (Å²) in [4.78, 5) is 14.7. The molecule has 0 aliphatic carbocycles. The van der Waals surface area contributed by atoms with Crippen LogP contribution in [-0.4, -0.2) is 56.7 Å². The topological polar surface area (TPSA) is 95.9 Å². The van der Waals surface area contributed by atoms with Crippen molar-refractivity contribution in [3.8, 4) is 0 Å². The normalized spacial score (nSPS) is 15.2. The van der Waals surface area contributed by atoms with E-state index in [0.717, 1.165) is 18.4 Å². The number of piperidine rings is 1. The number of aliphatic hydroxyl groups is 1. The molecule has 0 unspecified atom stereocenters. The Kier molecular flexibility index (Phi) is 7.47.